The second-order valence-electron chi connectivity index (χ2n) is 7.86. The molecule has 1 aliphatic carbocycles. The van der Waals surface area contributed by atoms with Crippen LogP contribution in [0.25, 0.3) is 0 Å². The molecule has 1 aromatic carbocycles. The largest absolute Gasteiger partial charge is 0.396 e. The van der Waals surface area contributed by atoms with Gasteiger partial charge in [-0.25, -0.2) is 0 Å². The Hall–Kier alpha value is -1.10. The van der Waals surface area contributed by atoms with Crippen molar-refractivity contribution in [3.05, 3.63) is 29.8 Å². The molecule has 148 valence electrons. The van der Waals surface area contributed by atoms with Crippen LogP contribution in [0.5, 0.6) is 0 Å². The molecule has 2 rings (SSSR count). The Morgan fingerprint density at radius 3 is 2.62 bits per heavy atom. The predicted octanol–water partition coefficient (Wildman–Crippen LogP) is 3.68. The zero-order chi connectivity index (χ0) is 18.7. The van der Waals surface area contributed by atoms with E-state index in [0.717, 1.165) is 45.4 Å². The van der Waals surface area contributed by atoms with Gasteiger partial charge in [0.2, 0.25) is 0 Å². The number of hydrogen-bond acceptors (Lipinski definition) is 4. The molecule has 0 aliphatic heterocycles. The number of aryl methyl sites for hydroxylation is 1. The molecular formula is C22H38N2O2. The van der Waals surface area contributed by atoms with Crippen LogP contribution in [0.1, 0.15) is 57.4 Å². The normalized spacial score (nSPS) is 16.8. The number of likely N-dealkylation sites (N-methyl/N-ethyl adjacent to an activating group) is 1. The zero-order valence-electron chi connectivity index (χ0n) is 16.6. The Bertz CT molecular complexity index is 501. The average molecular weight is 363 g/mol. The van der Waals surface area contributed by atoms with E-state index >= 15 is 0 Å². The minimum Gasteiger partial charge on any atom is -0.396 e. The van der Waals surface area contributed by atoms with Gasteiger partial charge in [0.05, 0.1) is 6.61 Å². The maximum absolute atomic E-state index is 9.84. The van der Waals surface area contributed by atoms with Gasteiger partial charge in [0.25, 0.3) is 0 Å². The van der Waals surface area contributed by atoms with Crippen molar-refractivity contribution in [1.82, 2.24) is 4.90 Å². The van der Waals surface area contributed by atoms with Gasteiger partial charge in [0.15, 0.2) is 0 Å². The number of benzene rings is 1. The number of nitrogens with zero attached hydrogens (tertiary/aromatic N) is 1. The van der Waals surface area contributed by atoms with E-state index in [2.05, 4.69) is 41.4 Å². The maximum atomic E-state index is 9.84. The molecule has 0 saturated heterocycles. The van der Waals surface area contributed by atoms with Crippen molar-refractivity contribution < 1.29 is 10.2 Å². The molecule has 0 amide bonds. The Morgan fingerprint density at radius 2 is 1.92 bits per heavy atom. The lowest BCUT2D eigenvalue weighted by molar-refractivity contribution is 0.0769. The van der Waals surface area contributed by atoms with Crippen molar-refractivity contribution in [3.63, 3.8) is 0 Å². The SMILES string of the molecule is CCN(CCO)CCCc1cccc(NCCC2(CO)CCCCC2)c1. The van der Waals surface area contributed by atoms with Crippen molar-refractivity contribution >= 4 is 5.69 Å². The molecule has 0 radical (unpaired) electrons. The molecule has 0 bridgehead atoms. The van der Waals surface area contributed by atoms with Crippen LogP contribution in [0.3, 0.4) is 0 Å². The summed E-state index contributed by atoms with van der Waals surface area (Å²) in [5.41, 5.74) is 2.71. The summed E-state index contributed by atoms with van der Waals surface area (Å²) in [6.45, 7) is 6.45. The van der Waals surface area contributed by atoms with Crippen molar-refractivity contribution in [2.24, 2.45) is 5.41 Å². The zero-order valence-corrected chi connectivity index (χ0v) is 16.6. The first kappa shape index (κ1) is 21.2. The topological polar surface area (TPSA) is 55.7 Å². The standard InChI is InChI=1S/C22H38N2O2/c1-2-24(16-17-25)15-7-9-20-8-6-10-21(18-20)23-14-13-22(19-26)11-4-3-5-12-22/h6,8,10,18,23,25-26H,2-5,7,9,11-17,19H2,1H3. The predicted molar refractivity (Wildman–Crippen MR) is 110 cm³/mol. The van der Waals surface area contributed by atoms with Gasteiger partial charge in [-0.05, 0) is 68.3 Å². The second kappa shape index (κ2) is 11.6. The number of nitrogens with one attached hydrogen (secondary N) is 1. The molecule has 0 aromatic heterocycles. The fourth-order valence-electron chi connectivity index (χ4n) is 4.17. The van der Waals surface area contributed by atoms with Crippen molar-refractivity contribution in [3.8, 4) is 0 Å². The molecule has 1 aliphatic rings. The number of rotatable bonds is 12. The minimum absolute atomic E-state index is 0.152. The van der Waals surface area contributed by atoms with E-state index < -0.39 is 0 Å². The van der Waals surface area contributed by atoms with E-state index in [9.17, 15) is 5.11 Å². The van der Waals surface area contributed by atoms with Crippen molar-refractivity contribution in [2.75, 3.05) is 44.7 Å². The fourth-order valence-corrected chi connectivity index (χ4v) is 4.17. The van der Waals surface area contributed by atoms with Gasteiger partial charge in [0.1, 0.15) is 0 Å². The van der Waals surface area contributed by atoms with E-state index in [0.29, 0.717) is 6.61 Å². The molecule has 0 spiro atoms. The lowest BCUT2D eigenvalue weighted by Crippen LogP contribution is -2.30. The van der Waals surface area contributed by atoms with Crippen molar-refractivity contribution in [1.29, 1.82) is 0 Å². The highest BCUT2D eigenvalue weighted by atomic mass is 16.3. The summed E-state index contributed by atoms with van der Waals surface area (Å²) >= 11 is 0. The summed E-state index contributed by atoms with van der Waals surface area (Å²) in [6.07, 6.45) is 9.44. The number of aliphatic hydroxyl groups is 2. The van der Waals surface area contributed by atoms with Gasteiger partial charge in [0, 0.05) is 25.4 Å². The lowest BCUT2D eigenvalue weighted by atomic mass is 9.72. The first-order valence-corrected chi connectivity index (χ1v) is 10.5. The first-order valence-electron chi connectivity index (χ1n) is 10.5. The summed E-state index contributed by atoms with van der Waals surface area (Å²) in [5.74, 6) is 0. The molecule has 26 heavy (non-hydrogen) atoms. The molecule has 4 heteroatoms. The van der Waals surface area contributed by atoms with E-state index in [1.165, 1.54) is 43.4 Å². The number of anilines is 1. The van der Waals surface area contributed by atoms with Crippen LogP contribution in [0.2, 0.25) is 0 Å². The molecule has 0 heterocycles. The molecule has 1 aromatic rings. The fraction of sp³-hybridized carbons (Fsp3) is 0.727. The lowest BCUT2D eigenvalue weighted by Gasteiger charge is -2.35. The number of aliphatic hydroxyl groups excluding tert-OH is 2. The molecule has 0 atom stereocenters. The Morgan fingerprint density at radius 1 is 1.12 bits per heavy atom. The third-order valence-corrected chi connectivity index (χ3v) is 5.96. The number of hydrogen-bond donors (Lipinski definition) is 3. The maximum Gasteiger partial charge on any atom is 0.0558 e. The summed E-state index contributed by atoms with van der Waals surface area (Å²) < 4.78 is 0. The molecule has 1 fully saturated rings. The van der Waals surface area contributed by atoms with Gasteiger partial charge in [-0.3, -0.25) is 0 Å². The Balaban J connectivity index is 1.75. The Labute approximate surface area is 159 Å². The van der Waals surface area contributed by atoms with Crippen LogP contribution in [-0.2, 0) is 6.42 Å². The molecule has 0 unspecified atom stereocenters. The van der Waals surface area contributed by atoms with E-state index in [-0.39, 0.29) is 12.0 Å². The summed E-state index contributed by atoms with van der Waals surface area (Å²) in [7, 11) is 0. The highest BCUT2D eigenvalue weighted by Gasteiger charge is 2.30. The minimum atomic E-state index is 0.152. The van der Waals surface area contributed by atoms with Gasteiger partial charge in [-0.1, -0.05) is 38.3 Å². The molecule has 4 nitrogen and oxygen atoms in total. The smallest absolute Gasteiger partial charge is 0.0558 e. The van der Waals surface area contributed by atoms with Gasteiger partial charge < -0.3 is 20.4 Å². The summed E-state index contributed by atoms with van der Waals surface area (Å²) in [5, 5.41) is 22.5. The quantitative estimate of drug-likeness (QED) is 0.531. The molecular weight excluding hydrogens is 324 g/mol. The van der Waals surface area contributed by atoms with Gasteiger partial charge >= 0.3 is 0 Å². The third-order valence-electron chi connectivity index (χ3n) is 5.96. The van der Waals surface area contributed by atoms with Crippen LogP contribution in [-0.4, -0.2) is 54.5 Å². The first-order chi connectivity index (χ1) is 12.7. The van der Waals surface area contributed by atoms with Crippen LogP contribution in [0, 0.1) is 5.41 Å². The van der Waals surface area contributed by atoms with Crippen LogP contribution in [0.15, 0.2) is 24.3 Å². The Kier molecular flexibility index (Phi) is 9.44. The van der Waals surface area contributed by atoms with Gasteiger partial charge in [-0.15, -0.1) is 0 Å². The van der Waals surface area contributed by atoms with Gasteiger partial charge in [-0.2, -0.15) is 0 Å². The summed E-state index contributed by atoms with van der Waals surface area (Å²) in [4.78, 5) is 2.29. The second-order valence-corrected chi connectivity index (χ2v) is 7.86. The molecule has 1 saturated carbocycles. The van der Waals surface area contributed by atoms with Crippen LogP contribution >= 0.6 is 0 Å². The van der Waals surface area contributed by atoms with E-state index in [1.54, 1.807) is 0 Å². The van der Waals surface area contributed by atoms with Crippen molar-refractivity contribution in [2.45, 2.75) is 58.3 Å². The van der Waals surface area contributed by atoms with Crippen LogP contribution < -0.4 is 5.32 Å². The highest BCUT2D eigenvalue weighted by Crippen LogP contribution is 2.38. The summed E-state index contributed by atoms with van der Waals surface area (Å²) in [6, 6.07) is 8.73. The monoisotopic (exact) mass is 362 g/mol. The van der Waals surface area contributed by atoms with E-state index in [4.69, 9.17) is 5.11 Å². The van der Waals surface area contributed by atoms with Crippen LogP contribution in [0.4, 0.5) is 5.69 Å². The van der Waals surface area contributed by atoms with E-state index in [1.807, 2.05) is 0 Å². The highest BCUT2D eigenvalue weighted by molar-refractivity contribution is 5.45. The molecule has 3 N–H and O–H groups in total. The third kappa shape index (κ3) is 6.90. The average Bonchev–Trinajstić information content (AvgIpc) is 2.68.